The smallest absolute Gasteiger partial charge is 0.265 e. The molecule has 7 nitrogen and oxygen atoms in total. The van der Waals surface area contributed by atoms with Crippen LogP contribution in [0.15, 0.2) is 53.6 Å². The van der Waals surface area contributed by atoms with E-state index in [1.54, 1.807) is 6.21 Å². The Bertz CT molecular complexity index is 1170. The van der Waals surface area contributed by atoms with Gasteiger partial charge in [-0.2, -0.15) is 10.1 Å². The van der Waals surface area contributed by atoms with E-state index >= 15 is 0 Å². The maximum absolute atomic E-state index is 5.46. The second-order valence-electron chi connectivity index (χ2n) is 7.41. The lowest BCUT2D eigenvalue weighted by Crippen LogP contribution is -2.03. The molecular weight excluding hydrogens is 388 g/mol. The first-order chi connectivity index (χ1) is 15.3. The van der Waals surface area contributed by atoms with Crippen LogP contribution in [0, 0.1) is 0 Å². The topological polar surface area (TPSA) is 77.2 Å². The standard InChI is InChI=1S/C24H28N6O/c1-3-5-6-9-16-30-21-11-8-7-10-20(21)22-23(30)26-24(29-27-22)28-25-17-18-12-14-19(15-13-18)31-4-2/h7-8,10-15,17H,3-6,9,16H2,1-2H3,(H,26,28,29)/b25-17+. The Morgan fingerprint density at radius 2 is 1.84 bits per heavy atom. The van der Waals surface area contributed by atoms with Crippen molar-refractivity contribution in [3.8, 4) is 5.75 Å². The molecule has 2 aromatic carbocycles. The number of aromatic nitrogens is 4. The number of nitrogens with one attached hydrogen (secondary N) is 1. The zero-order valence-electron chi connectivity index (χ0n) is 18.1. The maximum Gasteiger partial charge on any atom is 0.265 e. The Morgan fingerprint density at radius 1 is 1.00 bits per heavy atom. The average molecular weight is 417 g/mol. The normalized spacial score (nSPS) is 11.5. The van der Waals surface area contributed by atoms with Crippen LogP contribution >= 0.6 is 0 Å². The van der Waals surface area contributed by atoms with Crippen LogP contribution in [0.3, 0.4) is 0 Å². The van der Waals surface area contributed by atoms with Crippen molar-refractivity contribution in [2.24, 2.45) is 5.10 Å². The molecule has 0 fully saturated rings. The average Bonchev–Trinajstić information content (AvgIpc) is 3.11. The molecule has 0 unspecified atom stereocenters. The molecule has 4 aromatic rings. The highest BCUT2D eigenvalue weighted by molar-refractivity contribution is 6.04. The van der Waals surface area contributed by atoms with Gasteiger partial charge in [0.25, 0.3) is 5.95 Å². The summed E-state index contributed by atoms with van der Waals surface area (Å²) in [5.74, 6) is 1.23. The van der Waals surface area contributed by atoms with Gasteiger partial charge in [0.15, 0.2) is 5.65 Å². The third kappa shape index (κ3) is 4.82. The van der Waals surface area contributed by atoms with Crippen LogP contribution in [0.5, 0.6) is 5.75 Å². The molecule has 2 heterocycles. The summed E-state index contributed by atoms with van der Waals surface area (Å²) in [5, 5.41) is 14.0. The second kappa shape index (κ2) is 10.0. The van der Waals surface area contributed by atoms with E-state index in [0.717, 1.165) is 46.3 Å². The minimum Gasteiger partial charge on any atom is -0.494 e. The molecule has 4 rings (SSSR count). The predicted molar refractivity (Wildman–Crippen MR) is 126 cm³/mol. The van der Waals surface area contributed by atoms with Gasteiger partial charge in [0.05, 0.1) is 18.3 Å². The van der Waals surface area contributed by atoms with E-state index in [9.17, 15) is 0 Å². The van der Waals surface area contributed by atoms with Gasteiger partial charge in [-0.1, -0.05) is 44.4 Å². The fourth-order valence-electron chi connectivity index (χ4n) is 3.66. The van der Waals surface area contributed by atoms with Gasteiger partial charge in [-0.3, -0.25) is 0 Å². The molecule has 0 aliphatic heterocycles. The van der Waals surface area contributed by atoms with E-state index in [4.69, 9.17) is 9.72 Å². The molecule has 1 N–H and O–H groups in total. The van der Waals surface area contributed by atoms with Crippen molar-refractivity contribution in [1.29, 1.82) is 0 Å². The molecule has 0 saturated heterocycles. The van der Waals surface area contributed by atoms with Crippen molar-refractivity contribution < 1.29 is 4.74 Å². The van der Waals surface area contributed by atoms with E-state index in [2.05, 4.69) is 50.4 Å². The highest BCUT2D eigenvalue weighted by atomic mass is 16.5. The van der Waals surface area contributed by atoms with Crippen LogP contribution in [-0.2, 0) is 6.54 Å². The summed E-state index contributed by atoms with van der Waals surface area (Å²) in [6.45, 7) is 5.76. The van der Waals surface area contributed by atoms with Crippen molar-refractivity contribution in [3.05, 3.63) is 54.1 Å². The Balaban J connectivity index is 1.55. The molecule has 0 aliphatic rings. The summed E-state index contributed by atoms with van der Waals surface area (Å²) in [5.41, 5.74) is 6.68. The molecule has 160 valence electrons. The number of hydrazone groups is 1. The first-order valence-corrected chi connectivity index (χ1v) is 10.9. The zero-order valence-corrected chi connectivity index (χ0v) is 18.1. The van der Waals surface area contributed by atoms with Crippen LogP contribution in [0.25, 0.3) is 22.1 Å². The van der Waals surface area contributed by atoms with E-state index < -0.39 is 0 Å². The largest absolute Gasteiger partial charge is 0.494 e. The summed E-state index contributed by atoms with van der Waals surface area (Å²) >= 11 is 0. The number of aryl methyl sites for hydroxylation is 1. The zero-order chi connectivity index (χ0) is 21.5. The summed E-state index contributed by atoms with van der Waals surface area (Å²) in [6, 6.07) is 16.0. The summed E-state index contributed by atoms with van der Waals surface area (Å²) in [7, 11) is 0. The first-order valence-electron chi connectivity index (χ1n) is 10.9. The van der Waals surface area contributed by atoms with Crippen molar-refractivity contribution >= 4 is 34.2 Å². The molecule has 0 spiro atoms. The number of hydrogen-bond acceptors (Lipinski definition) is 6. The van der Waals surface area contributed by atoms with Crippen molar-refractivity contribution in [1.82, 2.24) is 19.7 Å². The fourth-order valence-corrected chi connectivity index (χ4v) is 3.66. The first kappa shape index (κ1) is 20.8. The van der Waals surface area contributed by atoms with Gasteiger partial charge in [-0.05, 0) is 49.2 Å². The molecule has 0 bridgehead atoms. The monoisotopic (exact) mass is 416 g/mol. The minimum absolute atomic E-state index is 0.382. The number of benzene rings is 2. The predicted octanol–water partition coefficient (Wildman–Crippen LogP) is 5.40. The number of hydrogen-bond donors (Lipinski definition) is 1. The lowest BCUT2D eigenvalue weighted by Gasteiger charge is -2.06. The van der Waals surface area contributed by atoms with E-state index in [-0.39, 0.29) is 0 Å². The number of fused-ring (bicyclic) bond motifs is 3. The van der Waals surface area contributed by atoms with Crippen LogP contribution in [0.1, 0.15) is 45.1 Å². The minimum atomic E-state index is 0.382. The van der Waals surface area contributed by atoms with Crippen molar-refractivity contribution in [2.75, 3.05) is 12.0 Å². The molecule has 0 saturated carbocycles. The third-order valence-electron chi connectivity index (χ3n) is 5.18. The highest BCUT2D eigenvalue weighted by Crippen LogP contribution is 2.27. The number of ether oxygens (including phenoxy) is 1. The van der Waals surface area contributed by atoms with Crippen LogP contribution in [-0.4, -0.2) is 32.6 Å². The Morgan fingerprint density at radius 3 is 2.65 bits per heavy atom. The van der Waals surface area contributed by atoms with Gasteiger partial charge in [0, 0.05) is 11.9 Å². The molecule has 7 heteroatoms. The van der Waals surface area contributed by atoms with Crippen molar-refractivity contribution in [3.63, 3.8) is 0 Å². The van der Waals surface area contributed by atoms with Gasteiger partial charge in [-0.25, -0.2) is 5.43 Å². The quantitative estimate of drug-likeness (QED) is 0.213. The number of unbranched alkanes of at least 4 members (excludes halogenated alkanes) is 3. The van der Waals surface area contributed by atoms with E-state index in [1.807, 2.05) is 37.3 Å². The Labute approximate surface area is 182 Å². The lowest BCUT2D eigenvalue weighted by atomic mass is 10.2. The second-order valence-corrected chi connectivity index (χ2v) is 7.41. The molecule has 2 aromatic heterocycles. The Kier molecular flexibility index (Phi) is 6.72. The fraction of sp³-hybridized carbons (Fsp3) is 0.333. The molecule has 0 radical (unpaired) electrons. The summed E-state index contributed by atoms with van der Waals surface area (Å²) in [4.78, 5) is 4.73. The lowest BCUT2D eigenvalue weighted by molar-refractivity contribution is 0.340. The van der Waals surface area contributed by atoms with Crippen LogP contribution in [0.4, 0.5) is 5.95 Å². The molecule has 0 atom stereocenters. The Hall–Kier alpha value is -3.48. The molecule has 0 amide bonds. The third-order valence-corrected chi connectivity index (χ3v) is 5.18. The SMILES string of the molecule is CCCCCCn1c2ccccc2c2nnc(N/N=C/c3ccc(OCC)cc3)nc21. The number of rotatable bonds is 10. The van der Waals surface area contributed by atoms with Crippen molar-refractivity contribution in [2.45, 2.75) is 46.1 Å². The molecule has 31 heavy (non-hydrogen) atoms. The highest BCUT2D eigenvalue weighted by Gasteiger charge is 2.14. The van der Waals surface area contributed by atoms with Gasteiger partial charge < -0.3 is 9.30 Å². The van der Waals surface area contributed by atoms with Gasteiger partial charge in [0.1, 0.15) is 11.3 Å². The number of nitrogens with zero attached hydrogens (tertiary/aromatic N) is 5. The van der Waals surface area contributed by atoms with Gasteiger partial charge in [0.2, 0.25) is 0 Å². The molecule has 0 aliphatic carbocycles. The van der Waals surface area contributed by atoms with Gasteiger partial charge >= 0.3 is 0 Å². The van der Waals surface area contributed by atoms with E-state index in [0.29, 0.717) is 12.6 Å². The van der Waals surface area contributed by atoms with Gasteiger partial charge in [-0.15, -0.1) is 10.2 Å². The number of anilines is 1. The molecular formula is C24H28N6O. The maximum atomic E-state index is 5.46. The van der Waals surface area contributed by atoms with Crippen LogP contribution in [0.2, 0.25) is 0 Å². The van der Waals surface area contributed by atoms with E-state index in [1.165, 1.54) is 19.3 Å². The summed E-state index contributed by atoms with van der Waals surface area (Å²) in [6.07, 6.45) is 6.52. The van der Waals surface area contributed by atoms with Crippen LogP contribution < -0.4 is 10.2 Å². The summed E-state index contributed by atoms with van der Waals surface area (Å²) < 4.78 is 7.71. The number of para-hydroxylation sites is 1.